The molecule has 21 heavy (non-hydrogen) atoms. The molecular formula is C16H12N2O3. The lowest BCUT2D eigenvalue weighted by Crippen LogP contribution is -2.20. The molecular weight excluding hydrogens is 268 g/mol. The minimum Gasteiger partial charge on any atom is -0.505 e. The Bertz CT molecular complexity index is 870. The van der Waals surface area contributed by atoms with Crippen molar-refractivity contribution >= 4 is 22.5 Å². The summed E-state index contributed by atoms with van der Waals surface area (Å²) in [5, 5.41) is 13.1. The highest BCUT2D eigenvalue weighted by molar-refractivity contribution is 6.06. The minimum absolute atomic E-state index is 0.150. The summed E-state index contributed by atoms with van der Waals surface area (Å²) in [6.45, 7) is 0. The van der Waals surface area contributed by atoms with Crippen molar-refractivity contribution in [1.29, 1.82) is 0 Å². The fourth-order valence-corrected chi connectivity index (χ4v) is 2.12. The van der Waals surface area contributed by atoms with Gasteiger partial charge in [0.25, 0.3) is 11.5 Å². The van der Waals surface area contributed by atoms with Crippen LogP contribution in [0.25, 0.3) is 10.9 Å². The lowest BCUT2D eigenvalue weighted by Gasteiger charge is -2.08. The number of H-pyrrole nitrogens is 1. The van der Waals surface area contributed by atoms with E-state index in [1.165, 1.54) is 0 Å². The van der Waals surface area contributed by atoms with Gasteiger partial charge in [0, 0.05) is 10.9 Å². The molecule has 3 rings (SSSR count). The smallest absolute Gasteiger partial charge is 0.276 e. The molecule has 0 unspecified atom stereocenters. The topological polar surface area (TPSA) is 82.2 Å². The van der Waals surface area contributed by atoms with Gasteiger partial charge in [-0.15, -0.1) is 0 Å². The van der Waals surface area contributed by atoms with Gasteiger partial charge < -0.3 is 15.4 Å². The molecule has 0 fully saturated rings. The molecule has 0 radical (unpaired) electrons. The molecule has 0 saturated carbocycles. The number of carbonyl (C=O) groups excluding carboxylic acids is 1. The highest BCUT2D eigenvalue weighted by Crippen LogP contribution is 2.28. The van der Waals surface area contributed by atoms with E-state index < -0.39 is 11.5 Å². The summed E-state index contributed by atoms with van der Waals surface area (Å²) in [5.41, 5.74) is 0.222. The number of aromatic amines is 1. The average molecular weight is 280 g/mol. The molecule has 3 N–H and O–H groups in total. The molecule has 0 aliphatic rings. The predicted molar refractivity (Wildman–Crippen MR) is 80.6 cm³/mol. The Balaban J connectivity index is 2.05. The minimum atomic E-state index is -0.546. The number of para-hydroxylation sites is 1. The summed E-state index contributed by atoms with van der Waals surface area (Å²) in [7, 11) is 0. The number of rotatable bonds is 2. The number of hydrogen-bond acceptors (Lipinski definition) is 3. The maximum Gasteiger partial charge on any atom is 0.276 e. The number of pyridine rings is 1. The van der Waals surface area contributed by atoms with E-state index >= 15 is 0 Å². The van der Waals surface area contributed by atoms with Crippen LogP contribution in [-0.2, 0) is 0 Å². The van der Waals surface area contributed by atoms with Crippen molar-refractivity contribution in [3.63, 3.8) is 0 Å². The molecule has 0 aliphatic heterocycles. The van der Waals surface area contributed by atoms with Crippen molar-refractivity contribution in [2.24, 2.45) is 0 Å². The Morgan fingerprint density at radius 1 is 1.00 bits per heavy atom. The van der Waals surface area contributed by atoms with Gasteiger partial charge in [-0.2, -0.15) is 0 Å². The standard InChI is InChI=1S/C16H12N2O3/c19-14-11-8-4-5-9-12(11)17-16(21)13(14)18-15(20)10-6-2-1-3-7-10/h1-9H,(H,18,20)(H2,17,19,21). The van der Waals surface area contributed by atoms with Crippen LogP contribution in [0.5, 0.6) is 5.75 Å². The van der Waals surface area contributed by atoms with Crippen LogP contribution >= 0.6 is 0 Å². The fraction of sp³-hybridized carbons (Fsp3) is 0. The van der Waals surface area contributed by atoms with Crippen molar-refractivity contribution < 1.29 is 9.90 Å². The molecule has 5 nitrogen and oxygen atoms in total. The van der Waals surface area contributed by atoms with Crippen molar-refractivity contribution in [3.05, 3.63) is 70.5 Å². The Morgan fingerprint density at radius 3 is 2.43 bits per heavy atom. The van der Waals surface area contributed by atoms with Crippen LogP contribution in [0.1, 0.15) is 10.4 Å². The molecule has 0 saturated heterocycles. The van der Waals surface area contributed by atoms with E-state index in [2.05, 4.69) is 10.3 Å². The number of aromatic hydroxyl groups is 1. The summed E-state index contributed by atoms with van der Waals surface area (Å²) in [5.74, 6) is -0.690. The lowest BCUT2D eigenvalue weighted by molar-refractivity contribution is 0.102. The Kier molecular flexibility index (Phi) is 3.16. The van der Waals surface area contributed by atoms with E-state index in [1.54, 1.807) is 54.6 Å². The molecule has 0 bridgehead atoms. The second kappa shape index (κ2) is 5.13. The van der Waals surface area contributed by atoms with Gasteiger partial charge in [-0.3, -0.25) is 9.59 Å². The Morgan fingerprint density at radius 2 is 1.67 bits per heavy atom. The van der Waals surface area contributed by atoms with E-state index in [0.717, 1.165) is 0 Å². The van der Waals surface area contributed by atoms with Gasteiger partial charge in [0.1, 0.15) is 0 Å². The first-order valence-electron chi connectivity index (χ1n) is 6.37. The Hall–Kier alpha value is -3.08. The lowest BCUT2D eigenvalue weighted by atomic mass is 10.1. The first-order valence-corrected chi connectivity index (χ1v) is 6.37. The zero-order valence-corrected chi connectivity index (χ0v) is 11.0. The monoisotopic (exact) mass is 280 g/mol. The highest BCUT2D eigenvalue weighted by atomic mass is 16.3. The quantitative estimate of drug-likeness (QED) is 0.674. The number of anilines is 1. The van der Waals surface area contributed by atoms with Crippen LogP contribution in [0.2, 0.25) is 0 Å². The number of aromatic nitrogens is 1. The van der Waals surface area contributed by atoms with Crippen LogP contribution in [0.4, 0.5) is 5.69 Å². The van der Waals surface area contributed by atoms with E-state index in [0.29, 0.717) is 16.5 Å². The molecule has 1 heterocycles. The van der Waals surface area contributed by atoms with Crippen molar-refractivity contribution in [2.75, 3.05) is 5.32 Å². The summed E-state index contributed by atoms with van der Waals surface area (Å²) in [6.07, 6.45) is 0. The van der Waals surface area contributed by atoms with E-state index in [-0.39, 0.29) is 11.4 Å². The first-order chi connectivity index (χ1) is 10.2. The third-order valence-electron chi connectivity index (χ3n) is 3.17. The molecule has 3 aromatic rings. The van der Waals surface area contributed by atoms with Crippen LogP contribution < -0.4 is 10.9 Å². The number of amides is 1. The third-order valence-corrected chi connectivity index (χ3v) is 3.17. The van der Waals surface area contributed by atoms with E-state index in [9.17, 15) is 14.7 Å². The number of nitrogens with one attached hydrogen (secondary N) is 2. The van der Waals surface area contributed by atoms with Crippen LogP contribution in [0.15, 0.2) is 59.4 Å². The largest absolute Gasteiger partial charge is 0.505 e. The number of carbonyl (C=O) groups is 1. The molecule has 0 atom stereocenters. The normalized spacial score (nSPS) is 10.5. The van der Waals surface area contributed by atoms with Gasteiger partial charge >= 0.3 is 0 Å². The number of hydrogen-bond donors (Lipinski definition) is 3. The second-order valence-corrected chi connectivity index (χ2v) is 4.54. The molecule has 1 aromatic heterocycles. The zero-order valence-electron chi connectivity index (χ0n) is 11.0. The van der Waals surface area contributed by atoms with Crippen molar-refractivity contribution in [3.8, 4) is 5.75 Å². The maximum absolute atomic E-state index is 12.1. The molecule has 0 spiro atoms. The zero-order chi connectivity index (χ0) is 14.8. The van der Waals surface area contributed by atoms with Gasteiger partial charge in [0.15, 0.2) is 11.4 Å². The molecule has 104 valence electrons. The van der Waals surface area contributed by atoms with Gasteiger partial charge in [0.05, 0.1) is 5.52 Å². The third kappa shape index (κ3) is 2.36. The molecule has 5 heteroatoms. The summed E-state index contributed by atoms with van der Waals surface area (Å²) in [4.78, 5) is 26.7. The number of benzene rings is 2. The van der Waals surface area contributed by atoms with E-state index in [1.807, 2.05) is 0 Å². The van der Waals surface area contributed by atoms with Gasteiger partial charge in [0.2, 0.25) is 0 Å². The first kappa shape index (κ1) is 12.9. The van der Waals surface area contributed by atoms with Gasteiger partial charge in [-0.25, -0.2) is 0 Å². The van der Waals surface area contributed by atoms with E-state index in [4.69, 9.17) is 0 Å². The van der Waals surface area contributed by atoms with Crippen LogP contribution in [0, 0.1) is 0 Å². The van der Waals surface area contributed by atoms with Crippen LogP contribution in [-0.4, -0.2) is 16.0 Å². The molecule has 2 aromatic carbocycles. The SMILES string of the molecule is O=C(Nc1c(O)c2ccccc2[nH]c1=O)c1ccccc1. The maximum atomic E-state index is 12.1. The highest BCUT2D eigenvalue weighted by Gasteiger charge is 2.15. The fourth-order valence-electron chi connectivity index (χ4n) is 2.12. The predicted octanol–water partition coefficient (Wildman–Crippen LogP) is 2.49. The van der Waals surface area contributed by atoms with Crippen molar-refractivity contribution in [1.82, 2.24) is 4.98 Å². The Labute approximate surface area is 119 Å². The average Bonchev–Trinajstić information content (AvgIpc) is 2.52. The van der Waals surface area contributed by atoms with Crippen LogP contribution in [0.3, 0.4) is 0 Å². The van der Waals surface area contributed by atoms with Gasteiger partial charge in [-0.05, 0) is 24.3 Å². The summed E-state index contributed by atoms with van der Waals surface area (Å²) < 4.78 is 0. The van der Waals surface area contributed by atoms with Gasteiger partial charge in [-0.1, -0.05) is 30.3 Å². The molecule has 1 amide bonds. The number of fused-ring (bicyclic) bond motifs is 1. The summed E-state index contributed by atoms with van der Waals surface area (Å²) >= 11 is 0. The van der Waals surface area contributed by atoms with Crippen molar-refractivity contribution in [2.45, 2.75) is 0 Å². The second-order valence-electron chi connectivity index (χ2n) is 4.54. The molecule has 0 aliphatic carbocycles. The summed E-state index contributed by atoms with van der Waals surface area (Å²) in [6, 6.07) is 15.3.